The van der Waals surface area contributed by atoms with E-state index in [1.54, 1.807) is 5.57 Å². The van der Waals surface area contributed by atoms with Crippen LogP contribution in [0.3, 0.4) is 0 Å². The fourth-order valence-corrected chi connectivity index (χ4v) is 10.9. The summed E-state index contributed by atoms with van der Waals surface area (Å²) in [7, 11) is 0. The summed E-state index contributed by atoms with van der Waals surface area (Å²) in [6.45, 7) is 13.2. The number of rotatable bonds is 0. The number of ketones is 1. The van der Waals surface area contributed by atoms with Gasteiger partial charge in [-0.1, -0.05) is 31.9 Å². The Hall–Kier alpha value is -0.710. The highest BCUT2D eigenvalue weighted by Gasteiger charge is 2.63. The van der Waals surface area contributed by atoms with Crippen molar-refractivity contribution in [3.63, 3.8) is 0 Å². The molecule has 0 aromatic rings. The van der Waals surface area contributed by atoms with Crippen LogP contribution in [0.5, 0.6) is 0 Å². The van der Waals surface area contributed by atoms with E-state index in [1.165, 1.54) is 24.8 Å². The molecule has 0 radical (unpaired) electrons. The summed E-state index contributed by atoms with van der Waals surface area (Å²) in [6.07, 6.45) is 13.1. The standard InChI is InChI=1S/C31H50N2O2/c1-19-16-29(5)27(33-18-19)21(3)30(35-29)12-7-13-31(32)24-10-9-22-14-23(34)8-6-11-28(22,4)26(24)15-25(31)20(2)17-30/h19,21-22,24,26-27,33H,6-18,32H2,1-5H3/b25-20-/t19-,21+,22+,24+,26-,27-,28-,29+,30-,31+/m0/s1. The largest absolute Gasteiger partial charge is 0.367 e. The summed E-state index contributed by atoms with van der Waals surface area (Å²) in [5, 5.41) is 3.89. The first-order valence-electron chi connectivity index (χ1n) is 14.9. The van der Waals surface area contributed by atoms with Crippen molar-refractivity contribution in [1.29, 1.82) is 0 Å². The van der Waals surface area contributed by atoms with Gasteiger partial charge in [0.25, 0.3) is 0 Å². The summed E-state index contributed by atoms with van der Waals surface area (Å²) < 4.78 is 7.23. The Morgan fingerprint density at radius 1 is 1.03 bits per heavy atom. The first-order valence-corrected chi connectivity index (χ1v) is 14.9. The van der Waals surface area contributed by atoms with E-state index in [-0.39, 0.29) is 22.2 Å². The van der Waals surface area contributed by atoms with E-state index >= 15 is 0 Å². The van der Waals surface area contributed by atoms with Crippen LogP contribution in [-0.2, 0) is 9.53 Å². The number of Topliss-reactive ketones (excluding diaryl/α,β-unsaturated/α-hetero) is 1. The summed E-state index contributed by atoms with van der Waals surface area (Å²) in [5.41, 5.74) is 10.7. The molecule has 5 fully saturated rings. The van der Waals surface area contributed by atoms with Gasteiger partial charge in [-0.05, 0) is 114 Å². The lowest BCUT2D eigenvalue weighted by atomic mass is 9.54. The average Bonchev–Trinajstić information content (AvgIpc) is 3.10. The van der Waals surface area contributed by atoms with E-state index in [2.05, 4.69) is 39.9 Å². The summed E-state index contributed by atoms with van der Waals surface area (Å²) in [6, 6.07) is 0.452. The zero-order chi connectivity index (χ0) is 24.8. The van der Waals surface area contributed by atoms with Crippen LogP contribution in [0.15, 0.2) is 11.1 Å². The lowest BCUT2D eigenvalue weighted by Crippen LogP contribution is -2.55. The molecule has 0 unspecified atom stereocenters. The Morgan fingerprint density at radius 3 is 2.63 bits per heavy atom. The van der Waals surface area contributed by atoms with Gasteiger partial charge in [0, 0.05) is 30.3 Å². The molecular weight excluding hydrogens is 432 g/mol. The highest BCUT2D eigenvalue weighted by molar-refractivity contribution is 5.79. The van der Waals surface area contributed by atoms with Crippen LogP contribution in [-0.4, -0.2) is 35.1 Å². The number of carbonyl (C=O) groups is 1. The van der Waals surface area contributed by atoms with Gasteiger partial charge in [-0.2, -0.15) is 0 Å². The average molecular weight is 483 g/mol. The monoisotopic (exact) mass is 482 g/mol. The lowest BCUT2D eigenvalue weighted by Gasteiger charge is -2.51. The third-order valence-corrected chi connectivity index (χ3v) is 12.5. The van der Waals surface area contributed by atoms with E-state index in [4.69, 9.17) is 10.5 Å². The predicted molar refractivity (Wildman–Crippen MR) is 141 cm³/mol. The van der Waals surface area contributed by atoms with E-state index in [1.807, 2.05) is 0 Å². The van der Waals surface area contributed by atoms with Crippen LogP contribution in [0.2, 0.25) is 0 Å². The fraction of sp³-hybridized carbons (Fsp3) is 0.903. The third kappa shape index (κ3) is 3.52. The van der Waals surface area contributed by atoms with Crippen LogP contribution in [0, 0.1) is 35.0 Å². The van der Waals surface area contributed by atoms with Crippen LogP contribution < -0.4 is 11.1 Å². The Morgan fingerprint density at radius 2 is 1.83 bits per heavy atom. The minimum atomic E-state index is -0.147. The molecule has 10 atom stereocenters. The van der Waals surface area contributed by atoms with Crippen LogP contribution >= 0.6 is 0 Å². The second-order valence-corrected chi connectivity index (χ2v) is 14.6. The van der Waals surface area contributed by atoms with Gasteiger partial charge < -0.3 is 15.8 Å². The van der Waals surface area contributed by atoms with Gasteiger partial charge in [0.1, 0.15) is 5.78 Å². The first kappa shape index (κ1) is 24.6. The van der Waals surface area contributed by atoms with Crippen molar-refractivity contribution in [1.82, 2.24) is 5.32 Å². The molecule has 6 aliphatic rings. The quantitative estimate of drug-likeness (QED) is 0.420. The van der Waals surface area contributed by atoms with Crippen LogP contribution in [0.4, 0.5) is 0 Å². The van der Waals surface area contributed by atoms with Crippen molar-refractivity contribution in [2.75, 3.05) is 6.54 Å². The summed E-state index contributed by atoms with van der Waals surface area (Å²) in [5.74, 6) is 3.47. The molecule has 4 aliphatic carbocycles. The fourth-order valence-electron chi connectivity index (χ4n) is 10.9. The van der Waals surface area contributed by atoms with Gasteiger partial charge in [-0.3, -0.25) is 4.79 Å². The SMILES string of the molecule is C/C1=C2\C[C@H]3[C@@H](CC[C@@H]4CC(=O)CCC[C@@]43C)[C@]2(N)CCC[C@@]2(C1)O[C@]1(C)C[C@H](C)CN[C@H]1[C@H]2C. The molecule has 35 heavy (non-hydrogen) atoms. The molecule has 3 saturated carbocycles. The second kappa shape index (κ2) is 8.14. The maximum Gasteiger partial charge on any atom is 0.133 e. The molecule has 6 rings (SSSR count). The van der Waals surface area contributed by atoms with Gasteiger partial charge >= 0.3 is 0 Å². The molecule has 196 valence electrons. The molecule has 0 aromatic carbocycles. The maximum absolute atomic E-state index is 12.5. The van der Waals surface area contributed by atoms with Crippen molar-refractivity contribution in [3.8, 4) is 0 Å². The minimum absolute atomic E-state index is 0.0573. The number of piperidine rings is 1. The zero-order valence-corrected chi connectivity index (χ0v) is 23.1. The Labute approximate surface area is 213 Å². The number of carbonyl (C=O) groups excluding carboxylic acids is 1. The molecule has 0 aromatic heterocycles. The smallest absolute Gasteiger partial charge is 0.133 e. The topological polar surface area (TPSA) is 64.4 Å². The van der Waals surface area contributed by atoms with Crippen molar-refractivity contribution in [2.24, 2.45) is 40.7 Å². The minimum Gasteiger partial charge on any atom is -0.367 e. The van der Waals surface area contributed by atoms with Gasteiger partial charge in [0.15, 0.2) is 0 Å². The highest BCUT2D eigenvalue weighted by Crippen LogP contribution is 2.65. The Balaban J connectivity index is 1.34. The molecule has 2 saturated heterocycles. The van der Waals surface area contributed by atoms with E-state index in [0.717, 1.165) is 64.3 Å². The van der Waals surface area contributed by atoms with E-state index in [0.29, 0.717) is 41.4 Å². The zero-order valence-electron chi connectivity index (χ0n) is 23.1. The molecule has 3 N–H and O–H groups in total. The molecule has 1 spiro atoms. The lowest BCUT2D eigenvalue weighted by molar-refractivity contribution is -0.125. The number of nitrogens with one attached hydrogen (secondary N) is 1. The summed E-state index contributed by atoms with van der Waals surface area (Å²) in [4.78, 5) is 12.5. The molecule has 0 amide bonds. The maximum atomic E-state index is 12.5. The van der Waals surface area contributed by atoms with E-state index in [9.17, 15) is 4.79 Å². The third-order valence-electron chi connectivity index (χ3n) is 12.5. The molecule has 4 nitrogen and oxygen atoms in total. The van der Waals surface area contributed by atoms with Gasteiger partial charge in [0.2, 0.25) is 0 Å². The number of nitrogens with two attached hydrogens (primary N) is 1. The first-order chi connectivity index (χ1) is 16.5. The molecule has 4 heteroatoms. The number of hydrogen-bond donors (Lipinski definition) is 2. The van der Waals surface area contributed by atoms with Gasteiger partial charge in [0.05, 0.1) is 11.2 Å². The van der Waals surface area contributed by atoms with Crippen molar-refractivity contribution >= 4 is 5.78 Å². The van der Waals surface area contributed by atoms with Crippen molar-refractivity contribution < 1.29 is 9.53 Å². The number of hydrogen-bond acceptors (Lipinski definition) is 4. The van der Waals surface area contributed by atoms with Crippen molar-refractivity contribution in [2.45, 2.75) is 134 Å². The summed E-state index contributed by atoms with van der Waals surface area (Å²) >= 11 is 0. The van der Waals surface area contributed by atoms with Crippen LogP contribution in [0.1, 0.15) is 112 Å². The normalized spacial score (nSPS) is 56.5. The van der Waals surface area contributed by atoms with Gasteiger partial charge in [-0.15, -0.1) is 0 Å². The second-order valence-electron chi connectivity index (χ2n) is 14.6. The highest BCUT2D eigenvalue weighted by atomic mass is 16.5. The van der Waals surface area contributed by atoms with Crippen molar-refractivity contribution in [3.05, 3.63) is 11.1 Å². The predicted octanol–water partition coefficient (Wildman–Crippen LogP) is 5.93. The number of ether oxygens (including phenoxy) is 1. The molecular formula is C31H50N2O2. The molecule has 2 heterocycles. The number of fused-ring (bicyclic) bond motifs is 6. The molecule has 2 aliphatic heterocycles. The Bertz CT molecular complexity index is 929. The Kier molecular flexibility index (Phi) is 5.73. The molecule has 0 bridgehead atoms. The van der Waals surface area contributed by atoms with E-state index < -0.39 is 0 Å². The van der Waals surface area contributed by atoms with Crippen LogP contribution in [0.25, 0.3) is 0 Å². The van der Waals surface area contributed by atoms with Gasteiger partial charge in [-0.25, -0.2) is 0 Å².